The molecular weight excluding hydrogens is 395 g/mol. The molecule has 2 N–H and O–H groups in total. The summed E-state index contributed by atoms with van der Waals surface area (Å²) < 4.78 is 5.62. The first kappa shape index (κ1) is 19.1. The van der Waals surface area contributed by atoms with E-state index in [9.17, 15) is 14.4 Å². The standard InChI is InChI=1S/C17H14Cl2N4O4/c1-9(20)16(25)23-15(24)8-22(17(23)26)21-7-11-3-5-14(27-11)10-2-4-12(18)13(19)6-10/h2-7,9H,8,20H2,1H3/b21-7-. The van der Waals surface area contributed by atoms with Gasteiger partial charge in [0.1, 0.15) is 18.1 Å². The van der Waals surface area contributed by atoms with Gasteiger partial charge in [-0.3, -0.25) is 9.59 Å². The number of carbonyl (C=O) groups excluding carboxylic acids is 3. The van der Waals surface area contributed by atoms with E-state index in [4.69, 9.17) is 33.4 Å². The fourth-order valence-electron chi connectivity index (χ4n) is 2.35. The second-order valence-corrected chi connectivity index (χ2v) is 6.59. The number of benzene rings is 1. The summed E-state index contributed by atoms with van der Waals surface area (Å²) in [4.78, 5) is 36.4. The molecule has 27 heavy (non-hydrogen) atoms. The van der Waals surface area contributed by atoms with Gasteiger partial charge in [-0.15, -0.1) is 0 Å². The van der Waals surface area contributed by atoms with Crippen LogP contribution in [-0.2, 0) is 9.59 Å². The van der Waals surface area contributed by atoms with Crippen molar-refractivity contribution >= 4 is 47.3 Å². The number of hydrogen-bond donors (Lipinski definition) is 1. The normalized spacial score (nSPS) is 15.9. The number of imide groups is 3. The Morgan fingerprint density at radius 1 is 1.26 bits per heavy atom. The fourth-order valence-corrected chi connectivity index (χ4v) is 2.65. The lowest BCUT2D eigenvalue weighted by Crippen LogP contribution is -2.45. The molecule has 2 heterocycles. The van der Waals surface area contributed by atoms with Crippen molar-refractivity contribution in [2.24, 2.45) is 10.8 Å². The average Bonchev–Trinajstić information content (AvgIpc) is 3.19. The fraction of sp³-hybridized carbons (Fsp3) is 0.176. The van der Waals surface area contributed by atoms with E-state index < -0.39 is 23.9 Å². The molecule has 1 atom stereocenters. The smallest absolute Gasteiger partial charge is 0.354 e. The maximum Gasteiger partial charge on any atom is 0.354 e. The SMILES string of the molecule is CC(N)C(=O)N1C(=O)CN(/N=C\c2ccc(-c3ccc(Cl)c(Cl)c3)o2)C1=O. The second-order valence-electron chi connectivity index (χ2n) is 5.77. The predicted octanol–water partition coefficient (Wildman–Crippen LogP) is 2.73. The molecule has 1 unspecified atom stereocenters. The Hall–Kier alpha value is -2.68. The van der Waals surface area contributed by atoms with Crippen LogP contribution in [0.5, 0.6) is 0 Å². The van der Waals surface area contributed by atoms with Crippen molar-refractivity contribution < 1.29 is 18.8 Å². The Labute approximate surface area is 164 Å². The molecule has 8 nitrogen and oxygen atoms in total. The Bertz CT molecular complexity index is 954. The van der Waals surface area contributed by atoms with Crippen LogP contribution in [0.4, 0.5) is 4.79 Å². The zero-order valence-corrected chi connectivity index (χ0v) is 15.6. The third-order valence-electron chi connectivity index (χ3n) is 3.71. The van der Waals surface area contributed by atoms with E-state index >= 15 is 0 Å². The molecule has 4 amide bonds. The van der Waals surface area contributed by atoms with Crippen molar-refractivity contribution in [3.63, 3.8) is 0 Å². The molecule has 10 heteroatoms. The predicted molar refractivity (Wildman–Crippen MR) is 99.4 cm³/mol. The van der Waals surface area contributed by atoms with Gasteiger partial charge < -0.3 is 10.2 Å². The van der Waals surface area contributed by atoms with Gasteiger partial charge in [0.2, 0.25) is 0 Å². The van der Waals surface area contributed by atoms with E-state index in [2.05, 4.69) is 5.10 Å². The van der Waals surface area contributed by atoms with Gasteiger partial charge in [0.15, 0.2) is 0 Å². The Morgan fingerprint density at radius 3 is 2.67 bits per heavy atom. The number of rotatable bonds is 4. The van der Waals surface area contributed by atoms with Crippen LogP contribution < -0.4 is 5.73 Å². The van der Waals surface area contributed by atoms with Crippen LogP contribution in [-0.4, -0.2) is 46.6 Å². The van der Waals surface area contributed by atoms with Gasteiger partial charge in [0, 0.05) is 5.56 Å². The zero-order chi connectivity index (χ0) is 19.7. The molecule has 1 fully saturated rings. The van der Waals surface area contributed by atoms with E-state index in [-0.39, 0.29) is 6.54 Å². The number of nitrogens with zero attached hydrogens (tertiary/aromatic N) is 3. The van der Waals surface area contributed by atoms with Crippen LogP contribution in [0, 0.1) is 0 Å². The quantitative estimate of drug-likeness (QED) is 0.617. The molecule has 0 spiro atoms. The van der Waals surface area contributed by atoms with Gasteiger partial charge in [-0.05, 0) is 37.3 Å². The van der Waals surface area contributed by atoms with Gasteiger partial charge in [0.05, 0.1) is 22.3 Å². The lowest BCUT2D eigenvalue weighted by Gasteiger charge is -2.13. The maximum atomic E-state index is 12.2. The van der Waals surface area contributed by atoms with E-state index in [0.717, 1.165) is 5.01 Å². The molecule has 1 saturated heterocycles. The highest BCUT2D eigenvalue weighted by molar-refractivity contribution is 6.42. The molecule has 140 valence electrons. The summed E-state index contributed by atoms with van der Waals surface area (Å²) in [6.07, 6.45) is 1.27. The summed E-state index contributed by atoms with van der Waals surface area (Å²) in [6.45, 7) is 1.04. The van der Waals surface area contributed by atoms with Gasteiger partial charge in [-0.2, -0.15) is 10.0 Å². The van der Waals surface area contributed by atoms with Crippen LogP contribution in [0.15, 0.2) is 39.9 Å². The van der Waals surface area contributed by atoms with E-state index in [0.29, 0.717) is 32.0 Å². The topological polar surface area (TPSA) is 109 Å². The summed E-state index contributed by atoms with van der Waals surface area (Å²) in [5.41, 5.74) is 6.16. The number of hydrazone groups is 1. The van der Waals surface area contributed by atoms with Gasteiger partial charge in [-0.25, -0.2) is 9.80 Å². The van der Waals surface area contributed by atoms with Crippen LogP contribution in [0.25, 0.3) is 11.3 Å². The van der Waals surface area contributed by atoms with Crippen LogP contribution >= 0.6 is 23.2 Å². The largest absolute Gasteiger partial charge is 0.455 e. The number of nitrogens with two attached hydrogens (primary N) is 1. The molecule has 0 radical (unpaired) electrons. The van der Waals surface area contributed by atoms with Gasteiger partial charge in [-0.1, -0.05) is 23.2 Å². The van der Waals surface area contributed by atoms with Crippen LogP contribution in [0.2, 0.25) is 10.0 Å². The number of furan rings is 1. The summed E-state index contributed by atoms with van der Waals surface area (Å²) in [7, 11) is 0. The number of amides is 4. The highest BCUT2D eigenvalue weighted by atomic mass is 35.5. The third-order valence-corrected chi connectivity index (χ3v) is 4.45. The molecule has 0 bridgehead atoms. The van der Waals surface area contributed by atoms with Crippen molar-refractivity contribution in [3.8, 4) is 11.3 Å². The van der Waals surface area contributed by atoms with Crippen LogP contribution in [0.1, 0.15) is 12.7 Å². The minimum Gasteiger partial charge on any atom is -0.455 e. The maximum absolute atomic E-state index is 12.2. The number of carbonyl (C=O) groups is 3. The first-order chi connectivity index (χ1) is 12.8. The van der Waals surface area contributed by atoms with Crippen molar-refractivity contribution in [3.05, 3.63) is 46.1 Å². The van der Waals surface area contributed by atoms with Crippen molar-refractivity contribution in [2.45, 2.75) is 13.0 Å². The molecular formula is C17H14Cl2N4O4. The molecule has 1 aromatic heterocycles. The van der Waals surface area contributed by atoms with Gasteiger partial charge >= 0.3 is 6.03 Å². The minimum atomic E-state index is -0.972. The van der Waals surface area contributed by atoms with E-state index in [1.165, 1.54) is 13.1 Å². The Balaban J connectivity index is 1.75. The highest BCUT2D eigenvalue weighted by Gasteiger charge is 2.41. The minimum absolute atomic E-state index is 0.341. The summed E-state index contributed by atoms with van der Waals surface area (Å²) in [5, 5.41) is 5.60. The summed E-state index contributed by atoms with van der Waals surface area (Å²) in [5.74, 6) is -0.598. The number of urea groups is 1. The molecule has 0 saturated carbocycles. The van der Waals surface area contributed by atoms with Crippen molar-refractivity contribution in [2.75, 3.05) is 6.54 Å². The first-order valence-corrected chi connectivity index (χ1v) is 8.56. The molecule has 1 aliphatic heterocycles. The molecule has 1 aliphatic rings. The molecule has 2 aromatic rings. The lowest BCUT2D eigenvalue weighted by atomic mass is 10.2. The average molecular weight is 409 g/mol. The third kappa shape index (κ3) is 3.87. The number of hydrogen-bond acceptors (Lipinski definition) is 6. The monoisotopic (exact) mass is 408 g/mol. The number of halogens is 2. The second kappa shape index (κ2) is 7.51. The summed E-state index contributed by atoms with van der Waals surface area (Å²) in [6, 6.07) is 6.56. The van der Waals surface area contributed by atoms with E-state index in [1.807, 2.05) is 0 Å². The Kier molecular flexibility index (Phi) is 5.31. The van der Waals surface area contributed by atoms with Crippen molar-refractivity contribution in [1.29, 1.82) is 0 Å². The summed E-state index contributed by atoms with van der Waals surface area (Å²) >= 11 is 11.9. The molecule has 3 rings (SSSR count). The van der Waals surface area contributed by atoms with Crippen molar-refractivity contribution in [1.82, 2.24) is 9.91 Å². The molecule has 0 aliphatic carbocycles. The lowest BCUT2D eigenvalue weighted by molar-refractivity contribution is -0.139. The van der Waals surface area contributed by atoms with Crippen LogP contribution in [0.3, 0.4) is 0 Å². The first-order valence-electron chi connectivity index (χ1n) is 7.81. The van der Waals surface area contributed by atoms with E-state index in [1.54, 1.807) is 30.3 Å². The Morgan fingerprint density at radius 2 is 2.00 bits per heavy atom. The highest BCUT2D eigenvalue weighted by Crippen LogP contribution is 2.29. The van der Waals surface area contributed by atoms with Gasteiger partial charge in [0.25, 0.3) is 11.8 Å². The molecule has 1 aromatic carbocycles. The zero-order valence-electron chi connectivity index (χ0n) is 14.1.